The fourth-order valence-electron chi connectivity index (χ4n) is 2.99. The Labute approximate surface area is 191 Å². The van der Waals surface area contributed by atoms with E-state index in [0.29, 0.717) is 22.3 Å². The summed E-state index contributed by atoms with van der Waals surface area (Å²) in [5.41, 5.74) is 1.01. The zero-order valence-electron chi connectivity index (χ0n) is 16.9. The number of pyridine rings is 2. The number of rotatable bonds is 7. The molecule has 0 saturated heterocycles. The quantitative estimate of drug-likeness (QED) is 0.317. The van der Waals surface area contributed by atoms with E-state index in [0.717, 1.165) is 4.47 Å². The summed E-state index contributed by atoms with van der Waals surface area (Å²) in [7, 11) is 0. The maximum absolute atomic E-state index is 12.8. The lowest BCUT2D eigenvalue weighted by Crippen LogP contribution is -2.11. The molecule has 0 spiro atoms. The van der Waals surface area contributed by atoms with Gasteiger partial charge in [-0.05, 0) is 49.4 Å². The van der Waals surface area contributed by atoms with Crippen LogP contribution in [0.15, 0.2) is 69.9 Å². The third-order valence-corrected chi connectivity index (χ3v) is 4.89. The van der Waals surface area contributed by atoms with E-state index in [4.69, 9.17) is 18.6 Å². The molecule has 0 atom stereocenters. The van der Waals surface area contributed by atoms with Gasteiger partial charge in [-0.3, -0.25) is 4.98 Å². The molecule has 8 nitrogen and oxygen atoms in total. The van der Waals surface area contributed by atoms with Crippen LogP contribution in [-0.2, 0) is 16.1 Å². The number of benzene rings is 1. The molecule has 1 aromatic carbocycles. The lowest BCUT2D eigenvalue weighted by Gasteiger charge is -2.10. The van der Waals surface area contributed by atoms with Crippen LogP contribution in [-0.4, -0.2) is 28.5 Å². The van der Waals surface area contributed by atoms with Crippen LogP contribution in [0.25, 0.3) is 11.0 Å². The highest BCUT2D eigenvalue weighted by atomic mass is 79.9. The molecule has 32 heavy (non-hydrogen) atoms. The van der Waals surface area contributed by atoms with Crippen LogP contribution in [0.1, 0.15) is 33.4 Å². The average molecular weight is 497 g/mol. The largest absolute Gasteiger partial charge is 0.460 e. The average Bonchev–Trinajstić information content (AvgIpc) is 3.16. The third-order valence-electron chi connectivity index (χ3n) is 4.40. The van der Waals surface area contributed by atoms with Crippen LogP contribution in [0.2, 0.25) is 0 Å². The van der Waals surface area contributed by atoms with Gasteiger partial charge in [0.15, 0.2) is 0 Å². The lowest BCUT2D eigenvalue weighted by molar-refractivity contribution is 0.0433. The number of furan rings is 1. The van der Waals surface area contributed by atoms with Crippen molar-refractivity contribution in [2.75, 3.05) is 6.61 Å². The molecule has 4 rings (SSSR count). The van der Waals surface area contributed by atoms with Gasteiger partial charge in [0.25, 0.3) is 0 Å². The molecule has 0 bridgehead atoms. The molecule has 0 saturated carbocycles. The van der Waals surface area contributed by atoms with Crippen LogP contribution in [0.3, 0.4) is 0 Å². The monoisotopic (exact) mass is 496 g/mol. The highest BCUT2D eigenvalue weighted by molar-refractivity contribution is 9.10. The number of hydrogen-bond acceptors (Lipinski definition) is 8. The first kappa shape index (κ1) is 21.5. The zero-order chi connectivity index (χ0) is 22.5. The molecular weight excluding hydrogens is 480 g/mol. The van der Waals surface area contributed by atoms with Crippen molar-refractivity contribution in [1.82, 2.24) is 9.97 Å². The number of carbonyl (C=O) groups excluding carboxylic acids is 2. The van der Waals surface area contributed by atoms with E-state index >= 15 is 0 Å². The molecule has 0 aliphatic heterocycles. The molecule has 0 radical (unpaired) electrons. The maximum atomic E-state index is 12.8. The standard InChI is InChI=1S/C23H17BrN2O6/c1-2-29-23(28)20-18(17-11-14(24)7-8-19(17)32-20)13-30-22(27)16-6-4-10-26-21(16)31-15-5-3-9-25-12-15/h3-12H,2,13H2,1H3. The highest BCUT2D eigenvalue weighted by Crippen LogP contribution is 2.31. The number of fused-ring (bicyclic) bond motifs is 1. The van der Waals surface area contributed by atoms with Crippen LogP contribution in [0.5, 0.6) is 11.6 Å². The summed E-state index contributed by atoms with van der Waals surface area (Å²) in [5.74, 6) is -0.804. The van der Waals surface area contributed by atoms with Gasteiger partial charge in [0.2, 0.25) is 11.6 Å². The molecular formula is C23H17BrN2O6. The number of hydrogen-bond donors (Lipinski definition) is 0. The van der Waals surface area contributed by atoms with Crippen LogP contribution in [0.4, 0.5) is 0 Å². The number of esters is 2. The normalized spacial score (nSPS) is 10.7. The molecule has 3 heterocycles. The van der Waals surface area contributed by atoms with Crippen molar-refractivity contribution in [2.45, 2.75) is 13.5 Å². The SMILES string of the molecule is CCOC(=O)c1oc2ccc(Br)cc2c1COC(=O)c1cccnc1Oc1cccnc1. The Morgan fingerprint density at radius 1 is 1.06 bits per heavy atom. The second-order valence-corrected chi connectivity index (χ2v) is 7.41. The Morgan fingerprint density at radius 3 is 2.69 bits per heavy atom. The smallest absolute Gasteiger partial charge is 0.374 e. The molecule has 0 unspecified atom stereocenters. The minimum atomic E-state index is -0.670. The van der Waals surface area contributed by atoms with Crippen molar-refractivity contribution >= 4 is 38.8 Å². The van der Waals surface area contributed by atoms with Crippen molar-refractivity contribution in [3.8, 4) is 11.6 Å². The van der Waals surface area contributed by atoms with E-state index < -0.39 is 11.9 Å². The van der Waals surface area contributed by atoms with Gasteiger partial charge < -0.3 is 18.6 Å². The van der Waals surface area contributed by atoms with Crippen LogP contribution >= 0.6 is 15.9 Å². The van der Waals surface area contributed by atoms with Crippen molar-refractivity contribution in [1.29, 1.82) is 0 Å². The fraction of sp³-hybridized carbons (Fsp3) is 0.130. The second-order valence-electron chi connectivity index (χ2n) is 6.49. The Bertz CT molecular complexity index is 1270. The van der Waals surface area contributed by atoms with E-state index in [1.165, 1.54) is 18.5 Å². The molecule has 3 aromatic heterocycles. The summed E-state index contributed by atoms with van der Waals surface area (Å²) in [6.07, 6.45) is 4.61. The molecule has 0 amide bonds. The number of ether oxygens (including phenoxy) is 3. The first-order valence-electron chi connectivity index (χ1n) is 9.65. The Hall–Kier alpha value is -3.72. The molecule has 4 aromatic rings. The van der Waals surface area contributed by atoms with E-state index in [1.807, 2.05) is 0 Å². The molecule has 0 aliphatic carbocycles. The van der Waals surface area contributed by atoms with E-state index in [9.17, 15) is 9.59 Å². The zero-order valence-corrected chi connectivity index (χ0v) is 18.5. The summed E-state index contributed by atoms with van der Waals surface area (Å²) in [4.78, 5) is 33.3. The van der Waals surface area contributed by atoms with Gasteiger partial charge in [0, 0.05) is 22.3 Å². The van der Waals surface area contributed by atoms with Crippen molar-refractivity contribution < 1.29 is 28.2 Å². The van der Waals surface area contributed by atoms with Crippen LogP contribution in [0, 0.1) is 0 Å². The lowest BCUT2D eigenvalue weighted by atomic mass is 10.1. The minimum absolute atomic E-state index is 0.00855. The molecule has 0 fully saturated rings. The molecule has 0 N–H and O–H groups in total. The number of aromatic nitrogens is 2. The molecule has 162 valence electrons. The predicted molar refractivity (Wildman–Crippen MR) is 118 cm³/mol. The third kappa shape index (κ3) is 4.62. The van der Waals surface area contributed by atoms with Crippen molar-refractivity contribution in [3.05, 3.63) is 82.4 Å². The summed E-state index contributed by atoms with van der Waals surface area (Å²) < 4.78 is 22.7. The van der Waals surface area contributed by atoms with Gasteiger partial charge in [0.1, 0.15) is 23.5 Å². The Morgan fingerprint density at radius 2 is 1.91 bits per heavy atom. The van der Waals surface area contributed by atoms with Crippen molar-refractivity contribution in [2.24, 2.45) is 0 Å². The van der Waals surface area contributed by atoms with Gasteiger partial charge in [-0.25, -0.2) is 14.6 Å². The Kier molecular flexibility index (Phi) is 6.46. The summed E-state index contributed by atoms with van der Waals surface area (Å²) >= 11 is 3.41. The van der Waals surface area contributed by atoms with Gasteiger partial charge >= 0.3 is 11.9 Å². The van der Waals surface area contributed by atoms with E-state index in [-0.39, 0.29) is 30.4 Å². The fourth-order valence-corrected chi connectivity index (χ4v) is 3.35. The van der Waals surface area contributed by atoms with Gasteiger partial charge in [-0.2, -0.15) is 0 Å². The topological polar surface area (TPSA) is 101 Å². The predicted octanol–water partition coefficient (Wildman–Crippen LogP) is 5.31. The van der Waals surface area contributed by atoms with Crippen molar-refractivity contribution in [3.63, 3.8) is 0 Å². The minimum Gasteiger partial charge on any atom is -0.460 e. The maximum Gasteiger partial charge on any atom is 0.374 e. The van der Waals surface area contributed by atoms with Gasteiger partial charge in [-0.15, -0.1) is 0 Å². The van der Waals surface area contributed by atoms with E-state index in [1.54, 1.807) is 49.5 Å². The number of carbonyl (C=O) groups is 2. The Balaban J connectivity index is 1.60. The molecule has 9 heteroatoms. The summed E-state index contributed by atoms with van der Waals surface area (Å²) in [6.45, 7) is 1.67. The van der Waals surface area contributed by atoms with Crippen LogP contribution < -0.4 is 4.74 Å². The summed E-state index contributed by atoms with van der Waals surface area (Å²) in [6, 6.07) is 11.8. The first-order chi connectivity index (χ1) is 15.6. The second kappa shape index (κ2) is 9.61. The molecule has 0 aliphatic rings. The van der Waals surface area contributed by atoms with E-state index in [2.05, 4.69) is 25.9 Å². The summed E-state index contributed by atoms with van der Waals surface area (Å²) in [5, 5.41) is 0.633. The number of nitrogens with zero attached hydrogens (tertiary/aromatic N) is 2. The number of halogens is 1. The van der Waals surface area contributed by atoms with Gasteiger partial charge in [-0.1, -0.05) is 15.9 Å². The highest BCUT2D eigenvalue weighted by Gasteiger charge is 2.24. The first-order valence-corrected chi connectivity index (χ1v) is 10.4. The van der Waals surface area contributed by atoms with Gasteiger partial charge in [0.05, 0.1) is 18.4 Å².